The van der Waals surface area contributed by atoms with Crippen molar-refractivity contribution < 1.29 is 14.3 Å². The van der Waals surface area contributed by atoms with Crippen LogP contribution >= 0.6 is 0 Å². The third-order valence-electron chi connectivity index (χ3n) is 3.02. The van der Waals surface area contributed by atoms with Crippen molar-refractivity contribution in [1.82, 2.24) is 9.38 Å². The van der Waals surface area contributed by atoms with Crippen LogP contribution in [0.5, 0.6) is 0 Å². The highest BCUT2D eigenvalue weighted by molar-refractivity contribution is 5.91. The summed E-state index contributed by atoms with van der Waals surface area (Å²) in [5.41, 5.74) is 1.58. The molecule has 0 bridgehead atoms. The summed E-state index contributed by atoms with van der Waals surface area (Å²) in [4.78, 5) is 15.2. The Kier molecular flexibility index (Phi) is 3.38. The van der Waals surface area contributed by atoms with Crippen LogP contribution in [-0.2, 0) is 0 Å². The number of carboxylic acids is 1. The molecule has 0 saturated carbocycles. The molecule has 3 rings (SSSR count). The summed E-state index contributed by atoms with van der Waals surface area (Å²) < 4.78 is 14.6. The van der Waals surface area contributed by atoms with E-state index in [9.17, 15) is 14.3 Å². The van der Waals surface area contributed by atoms with Crippen LogP contribution in [0.25, 0.3) is 5.65 Å². The Balaban J connectivity index is 2.14. The van der Waals surface area contributed by atoms with Gasteiger partial charge in [0.2, 0.25) is 0 Å². The SMILES string of the molecule is Cc1cccc(N=Nc2c(C(=O)O)nc3ccc(F)cn23)c1. The van der Waals surface area contributed by atoms with Gasteiger partial charge in [-0.1, -0.05) is 12.1 Å². The molecule has 7 heteroatoms. The predicted molar refractivity (Wildman–Crippen MR) is 77.5 cm³/mol. The molecule has 0 unspecified atom stereocenters. The van der Waals surface area contributed by atoms with Gasteiger partial charge in [-0.05, 0) is 36.8 Å². The number of fused-ring (bicyclic) bond motifs is 1. The van der Waals surface area contributed by atoms with E-state index in [1.54, 1.807) is 12.1 Å². The average molecular weight is 298 g/mol. The number of hydrogen-bond donors (Lipinski definition) is 1. The zero-order chi connectivity index (χ0) is 15.7. The van der Waals surface area contributed by atoms with Crippen LogP contribution in [0.2, 0.25) is 0 Å². The van der Waals surface area contributed by atoms with Gasteiger partial charge in [-0.15, -0.1) is 10.2 Å². The first-order chi connectivity index (χ1) is 10.5. The van der Waals surface area contributed by atoms with Crippen molar-refractivity contribution in [2.75, 3.05) is 0 Å². The highest BCUT2D eigenvalue weighted by Crippen LogP contribution is 2.25. The van der Waals surface area contributed by atoms with Gasteiger partial charge in [0.1, 0.15) is 11.5 Å². The maximum absolute atomic E-state index is 13.4. The van der Waals surface area contributed by atoms with Crippen molar-refractivity contribution in [3.05, 3.63) is 59.7 Å². The summed E-state index contributed by atoms with van der Waals surface area (Å²) in [6.07, 6.45) is 1.12. The van der Waals surface area contributed by atoms with Crippen molar-refractivity contribution in [3.63, 3.8) is 0 Å². The first kappa shape index (κ1) is 13.9. The van der Waals surface area contributed by atoms with Crippen LogP contribution < -0.4 is 0 Å². The van der Waals surface area contributed by atoms with Crippen molar-refractivity contribution >= 4 is 23.1 Å². The number of carboxylic acid groups (broad SMARTS) is 1. The van der Waals surface area contributed by atoms with E-state index in [4.69, 9.17) is 0 Å². The fraction of sp³-hybridized carbons (Fsp3) is 0.0667. The Bertz CT molecular complexity index is 902. The van der Waals surface area contributed by atoms with Crippen molar-refractivity contribution in [1.29, 1.82) is 0 Å². The van der Waals surface area contributed by atoms with Crippen LogP contribution in [-0.4, -0.2) is 20.5 Å². The minimum atomic E-state index is -1.25. The lowest BCUT2D eigenvalue weighted by molar-refractivity contribution is 0.0692. The van der Waals surface area contributed by atoms with Gasteiger partial charge in [0, 0.05) is 6.20 Å². The standard InChI is InChI=1S/C15H11FN4O2/c1-9-3-2-4-11(7-9)18-19-14-13(15(21)22)17-12-6-5-10(16)8-20(12)14/h2-8H,1H3,(H,21,22). The summed E-state index contributed by atoms with van der Waals surface area (Å²) in [6, 6.07) is 9.85. The van der Waals surface area contributed by atoms with Crippen LogP contribution in [0.3, 0.4) is 0 Å². The van der Waals surface area contributed by atoms with Gasteiger partial charge < -0.3 is 5.11 Å². The minimum absolute atomic E-state index is 0.0245. The number of hydrogen-bond acceptors (Lipinski definition) is 4. The second-order valence-corrected chi connectivity index (χ2v) is 4.70. The summed E-state index contributed by atoms with van der Waals surface area (Å²) in [6.45, 7) is 1.91. The summed E-state index contributed by atoms with van der Waals surface area (Å²) >= 11 is 0. The number of aryl methyl sites for hydroxylation is 1. The maximum Gasteiger partial charge on any atom is 0.358 e. The Hall–Kier alpha value is -3.09. The molecule has 1 aromatic carbocycles. The fourth-order valence-corrected chi connectivity index (χ4v) is 2.04. The average Bonchev–Trinajstić information content (AvgIpc) is 2.83. The predicted octanol–water partition coefficient (Wildman–Crippen LogP) is 3.90. The number of halogens is 1. The van der Waals surface area contributed by atoms with E-state index in [-0.39, 0.29) is 17.2 Å². The van der Waals surface area contributed by atoms with E-state index < -0.39 is 11.8 Å². The number of carbonyl (C=O) groups is 1. The Morgan fingerprint density at radius 1 is 1.27 bits per heavy atom. The second-order valence-electron chi connectivity index (χ2n) is 4.70. The highest BCUT2D eigenvalue weighted by Gasteiger charge is 2.18. The fourth-order valence-electron chi connectivity index (χ4n) is 2.04. The van der Waals surface area contributed by atoms with E-state index >= 15 is 0 Å². The van der Waals surface area contributed by atoms with Crippen molar-refractivity contribution in [2.24, 2.45) is 10.2 Å². The molecule has 110 valence electrons. The molecule has 2 aromatic heterocycles. The molecule has 0 aliphatic rings. The zero-order valence-corrected chi connectivity index (χ0v) is 11.6. The number of benzene rings is 1. The van der Waals surface area contributed by atoms with Crippen molar-refractivity contribution in [2.45, 2.75) is 6.92 Å². The molecule has 0 fully saturated rings. The lowest BCUT2D eigenvalue weighted by Crippen LogP contribution is -1.96. The van der Waals surface area contributed by atoms with Gasteiger partial charge in [0.25, 0.3) is 0 Å². The molecule has 2 heterocycles. The normalized spacial score (nSPS) is 11.4. The number of rotatable bonds is 3. The lowest BCUT2D eigenvalue weighted by Gasteiger charge is -1.97. The van der Waals surface area contributed by atoms with Crippen LogP contribution in [0.15, 0.2) is 52.8 Å². The van der Waals surface area contributed by atoms with Gasteiger partial charge in [0.15, 0.2) is 11.5 Å². The van der Waals surface area contributed by atoms with E-state index in [1.807, 2.05) is 19.1 Å². The van der Waals surface area contributed by atoms with Gasteiger partial charge in [-0.3, -0.25) is 4.40 Å². The third-order valence-corrected chi connectivity index (χ3v) is 3.02. The molecule has 22 heavy (non-hydrogen) atoms. The Morgan fingerprint density at radius 3 is 2.82 bits per heavy atom. The first-order valence-corrected chi connectivity index (χ1v) is 6.44. The second kappa shape index (κ2) is 5.36. The molecular formula is C15H11FN4O2. The van der Waals surface area contributed by atoms with Gasteiger partial charge >= 0.3 is 5.97 Å². The molecule has 0 radical (unpaired) electrons. The first-order valence-electron chi connectivity index (χ1n) is 6.44. The molecule has 0 aliphatic heterocycles. The van der Waals surface area contributed by atoms with E-state index in [1.165, 1.54) is 16.5 Å². The summed E-state index contributed by atoms with van der Waals surface area (Å²) in [5.74, 6) is -1.79. The monoisotopic (exact) mass is 298 g/mol. The molecule has 0 amide bonds. The number of aromatic carboxylic acids is 1. The molecule has 1 N–H and O–H groups in total. The third kappa shape index (κ3) is 2.56. The summed E-state index contributed by atoms with van der Waals surface area (Å²) in [5, 5.41) is 17.2. The van der Waals surface area contributed by atoms with E-state index in [0.717, 1.165) is 11.8 Å². The number of nitrogens with zero attached hydrogens (tertiary/aromatic N) is 4. The maximum atomic E-state index is 13.4. The molecule has 0 saturated heterocycles. The summed E-state index contributed by atoms with van der Waals surface area (Å²) in [7, 11) is 0. The molecule has 0 spiro atoms. The molecular weight excluding hydrogens is 287 g/mol. The van der Waals surface area contributed by atoms with Gasteiger partial charge in [0.05, 0.1) is 5.69 Å². The minimum Gasteiger partial charge on any atom is -0.476 e. The van der Waals surface area contributed by atoms with Gasteiger partial charge in [-0.25, -0.2) is 14.2 Å². The molecule has 6 nitrogen and oxygen atoms in total. The zero-order valence-electron chi connectivity index (χ0n) is 11.6. The quantitative estimate of drug-likeness (QED) is 0.745. The lowest BCUT2D eigenvalue weighted by atomic mass is 10.2. The van der Waals surface area contributed by atoms with Crippen molar-refractivity contribution in [3.8, 4) is 0 Å². The van der Waals surface area contributed by atoms with Crippen LogP contribution in [0, 0.1) is 12.7 Å². The topological polar surface area (TPSA) is 79.3 Å². The smallest absolute Gasteiger partial charge is 0.358 e. The van der Waals surface area contributed by atoms with E-state index in [0.29, 0.717) is 5.69 Å². The number of pyridine rings is 1. The number of azo groups is 1. The Morgan fingerprint density at radius 2 is 2.09 bits per heavy atom. The number of aromatic nitrogens is 2. The van der Waals surface area contributed by atoms with Crippen LogP contribution in [0.4, 0.5) is 15.9 Å². The molecule has 0 aliphatic carbocycles. The highest BCUT2D eigenvalue weighted by atomic mass is 19.1. The van der Waals surface area contributed by atoms with Crippen LogP contribution in [0.1, 0.15) is 16.1 Å². The molecule has 0 atom stereocenters. The van der Waals surface area contributed by atoms with E-state index in [2.05, 4.69) is 15.2 Å². The largest absolute Gasteiger partial charge is 0.476 e. The number of imidazole rings is 1. The van der Waals surface area contributed by atoms with Gasteiger partial charge in [-0.2, -0.15) is 0 Å². The molecule has 3 aromatic rings. The Labute approximate surface area is 124 Å².